The number of nitrogens with one attached hydrogen (secondary N) is 1. The summed E-state index contributed by atoms with van der Waals surface area (Å²) in [5, 5.41) is 4.12. The summed E-state index contributed by atoms with van der Waals surface area (Å²) in [5.41, 5.74) is 0. The third-order valence-corrected chi connectivity index (χ3v) is 5.21. The number of fused-ring (bicyclic) bond motifs is 1. The number of nitrogens with zero attached hydrogens (tertiary/aromatic N) is 1. The number of carbonyl (C=O) groups excluding carboxylic acids is 1. The Hall–Kier alpha value is -1.59. The van der Waals surface area contributed by atoms with E-state index in [1.165, 1.54) is 43.7 Å². The Morgan fingerprint density at radius 3 is 2.86 bits per heavy atom. The number of hydrogen-bond donors (Lipinski definition) is 1. The zero-order valence-electron chi connectivity index (χ0n) is 12.9. The van der Waals surface area contributed by atoms with E-state index in [1.54, 1.807) is 7.11 Å². The third-order valence-electron chi connectivity index (χ3n) is 4.11. The van der Waals surface area contributed by atoms with E-state index in [9.17, 15) is 4.79 Å². The molecule has 1 saturated heterocycles. The highest BCUT2D eigenvalue weighted by Gasteiger charge is 2.12. The van der Waals surface area contributed by atoms with Crippen molar-refractivity contribution in [2.75, 3.05) is 33.3 Å². The van der Waals surface area contributed by atoms with E-state index in [2.05, 4.69) is 10.2 Å². The lowest BCUT2D eigenvalue weighted by Crippen LogP contribution is -2.37. The molecule has 0 radical (unpaired) electrons. The number of carbonyl (C=O) groups is 1. The average Bonchev–Trinajstić information content (AvgIpc) is 2.99. The van der Waals surface area contributed by atoms with Crippen LogP contribution in [-0.2, 0) is 0 Å². The van der Waals surface area contributed by atoms with Gasteiger partial charge in [0.15, 0.2) is 0 Å². The van der Waals surface area contributed by atoms with Crippen LogP contribution in [0.4, 0.5) is 0 Å². The summed E-state index contributed by atoms with van der Waals surface area (Å²) < 4.78 is 6.31. The number of hydrogen-bond acceptors (Lipinski definition) is 4. The van der Waals surface area contributed by atoms with Crippen molar-refractivity contribution in [3.63, 3.8) is 0 Å². The second kappa shape index (κ2) is 7.11. The summed E-state index contributed by atoms with van der Waals surface area (Å²) in [4.78, 5) is 15.5. The fraction of sp³-hybridized carbons (Fsp3) is 0.471. The Bertz CT molecular complexity index is 647. The van der Waals surface area contributed by atoms with Gasteiger partial charge in [-0.15, -0.1) is 11.3 Å². The first kappa shape index (κ1) is 15.3. The second-order valence-electron chi connectivity index (χ2n) is 5.67. The number of amides is 1. The van der Waals surface area contributed by atoms with Crippen molar-refractivity contribution in [3.8, 4) is 5.75 Å². The molecule has 1 amide bonds. The SMILES string of the molecule is COc1ccc2cc(C(=O)NCCN3CCCCC3)sc2c1. The molecule has 0 atom stereocenters. The van der Waals surface area contributed by atoms with Gasteiger partial charge in [-0.05, 0) is 55.6 Å². The Morgan fingerprint density at radius 1 is 1.27 bits per heavy atom. The molecule has 22 heavy (non-hydrogen) atoms. The number of ether oxygens (including phenoxy) is 1. The first-order chi connectivity index (χ1) is 10.8. The van der Waals surface area contributed by atoms with Crippen LogP contribution in [0.25, 0.3) is 10.1 Å². The summed E-state index contributed by atoms with van der Waals surface area (Å²) in [6.45, 7) is 4.00. The van der Waals surface area contributed by atoms with Gasteiger partial charge in [-0.2, -0.15) is 0 Å². The largest absolute Gasteiger partial charge is 0.497 e. The fourth-order valence-corrected chi connectivity index (χ4v) is 3.86. The third kappa shape index (κ3) is 3.59. The topological polar surface area (TPSA) is 41.6 Å². The van der Waals surface area contributed by atoms with Crippen molar-refractivity contribution in [2.45, 2.75) is 19.3 Å². The van der Waals surface area contributed by atoms with Crippen LogP contribution in [0.3, 0.4) is 0 Å². The number of rotatable bonds is 5. The van der Waals surface area contributed by atoms with E-state index in [-0.39, 0.29) is 5.91 Å². The molecule has 0 aliphatic carbocycles. The summed E-state index contributed by atoms with van der Waals surface area (Å²) >= 11 is 1.52. The molecule has 118 valence electrons. The highest BCUT2D eigenvalue weighted by molar-refractivity contribution is 7.20. The smallest absolute Gasteiger partial charge is 0.261 e. The van der Waals surface area contributed by atoms with Crippen LogP contribution in [0.15, 0.2) is 24.3 Å². The van der Waals surface area contributed by atoms with E-state index >= 15 is 0 Å². The molecular formula is C17H22N2O2S. The lowest BCUT2D eigenvalue weighted by atomic mass is 10.1. The Labute approximate surface area is 135 Å². The van der Waals surface area contributed by atoms with Gasteiger partial charge in [0.1, 0.15) is 5.75 Å². The molecule has 0 bridgehead atoms. The molecule has 2 aromatic rings. The first-order valence-corrected chi connectivity index (χ1v) is 8.66. The maximum atomic E-state index is 12.3. The molecule has 1 aliphatic heterocycles. The number of thiophene rings is 1. The van der Waals surface area contributed by atoms with Crippen LogP contribution in [0, 0.1) is 0 Å². The summed E-state index contributed by atoms with van der Waals surface area (Å²) in [7, 11) is 1.66. The first-order valence-electron chi connectivity index (χ1n) is 7.84. The van der Waals surface area contributed by atoms with E-state index in [0.29, 0.717) is 0 Å². The molecule has 2 heterocycles. The minimum absolute atomic E-state index is 0.0252. The molecule has 0 unspecified atom stereocenters. The molecule has 1 aromatic heterocycles. The number of methoxy groups -OCH3 is 1. The summed E-state index contributed by atoms with van der Waals surface area (Å²) in [6.07, 6.45) is 3.91. The Morgan fingerprint density at radius 2 is 2.09 bits per heavy atom. The van der Waals surface area contributed by atoms with Gasteiger partial charge in [0, 0.05) is 17.8 Å². The van der Waals surface area contributed by atoms with Crippen LogP contribution >= 0.6 is 11.3 Å². The van der Waals surface area contributed by atoms with Crippen LogP contribution in [-0.4, -0.2) is 44.1 Å². The minimum atomic E-state index is 0.0252. The maximum Gasteiger partial charge on any atom is 0.261 e. The molecule has 0 saturated carbocycles. The number of benzene rings is 1. The van der Waals surface area contributed by atoms with Crippen LogP contribution < -0.4 is 10.1 Å². The summed E-state index contributed by atoms with van der Waals surface area (Å²) in [5.74, 6) is 0.851. The van der Waals surface area contributed by atoms with Crippen LogP contribution in [0.2, 0.25) is 0 Å². The molecule has 0 spiro atoms. The van der Waals surface area contributed by atoms with Gasteiger partial charge in [-0.25, -0.2) is 0 Å². The lowest BCUT2D eigenvalue weighted by Gasteiger charge is -2.26. The van der Waals surface area contributed by atoms with Gasteiger partial charge in [-0.1, -0.05) is 6.42 Å². The number of likely N-dealkylation sites (tertiary alicyclic amines) is 1. The lowest BCUT2D eigenvalue weighted by molar-refractivity contribution is 0.0950. The zero-order chi connectivity index (χ0) is 15.4. The van der Waals surface area contributed by atoms with Gasteiger partial charge in [-0.3, -0.25) is 4.79 Å². The monoisotopic (exact) mass is 318 g/mol. The molecular weight excluding hydrogens is 296 g/mol. The normalized spacial score (nSPS) is 15.9. The molecule has 3 rings (SSSR count). The van der Waals surface area contributed by atoms with Crippen molar-refractivity contribution >= 4 is 27.3 Å². The van der Waals surface area contributed by atoms with Crippen molar-refractivity contribution in [3.05, 3.63) is 29.1 Å². The minimum Gasteiger partial charge on any atom is -0.497 e. The molecule has 1 aliphatic rings. The van der Waals surface area contributed by atoms with Gasteiger partial charge >= 0.3 is 0 Å². The number of piperidine rings is 1. The van der Waals surface area contributed by atoms with Gasteiger partial charge in [0.05, 0.1) is 12.0 Å². The maximum absolute atomic E-state index is 12.3. The van der Waals surface area contributed by atoms with Crippen molar-refractivity contribution in [1.29, 1.82) is 0 Å². The quantitative estimate of drug-likeness (QED) is 0.921. The fourth-order valence-electron chi connectivity index (χ4n) is 2.85. The van der Waals surface area contributed by atoms with Crippen molar-refractivity contribution in [1.82, 2.24) is 10.2 Å². The Balaban J connectivity index is 1.57. The van der Waals surface area contributed by atoms with E-state index in [4.69, 9.17) is 4.74 Å². The molecule has 1 aromatic carbocycles. The predicted octanol–water partition coefficient (Wildman–Crippen LogP) is 3.13. The van der Waals surface area contributed by atoms with Crippen molar-refractivity contribution in [2.24, 2.45) is 0 Å². The van der Waals surface area contributed by atoms with E-state index in [0.717, 1.165) is 33.8 Å². The summed E-state index contributed by atoms with van der Waals surface area (Å²) in [6, 6.07) is 7.85. The highest BCUT2D eigenvalue weighted by atomic mass is 32.1. The molecule has 5 heteroatoms. The molecule has 4 nitrogen and oxygen atoms in total. The Kier molecular flexibility index (Phi) is 4.95. The van der Waals surface area contributed by atoms with Crippen molar-refractivity contribution < 1.29 is 9.53 Å². The van der Waals surface area contributed by atoms with Gasteiger partial charge in [0.2, 0.25) is 0 Å². The highest BCUT2D eigenvalue weighted by Crippen LogP contribution is 2.29. The van der Waals surface area contributed by atoms with E-state index in [1.807, 2.05) is 24.3 Å². The zero-order valence-corrected chi connectivity index (χ0v) is 13.7. The standard InChI is InChI=1S/C17H22N2O2S/c1-21-14-6-5-13-11-16(22-15(13)12-14)17(20)18-7-10-19-8-3-2-4-9-19/h5-6,11-12H,2-4,7-10H2,1H3,(H,18,20). The van der Waals surface area contributed by atoms with Gasteiger partial charge < -0.3 is 15.0 Å². The molecule has 1 fully saturated rings. The molecule has 1 N–H and O–H groups in total. The van der Waals surface area contributed by atoms with Gasteiger partial charge in [0.25, 0.3) is 5.91 Å². The predicted molar refractivity (Wildman–Crippen MR) is 91.0 cm³/mol. The second-order valence-corrected chi connectivity index (χ2v) is 6.76. The van der Waals surface area contributed by atoms with E-state index < -0.39 is 0 Å². The average molecular weight is 318 g/mol. The van der Waals surface area contributed by atoms with Crippen LogP contribution in [0.1, 0.15) is 28.9 Å². The van der Waals surface area contributed by atoms with Crippen LogP contribution in [0.5, 0.6) is 5.75 Å².